The van der Waals surface area contributed by atoms with Crippen molar-refractivity contribution in [3.63, 3.8) is 0 Å². The fourth-order valence-corrected chi connectivity index (χ4v) is 5.33. The summed E-state index contributed by atoms with van der Waals surface area (Å²) < 4.78 is 11.2. The number of pyridine rings is 1. The van der Waals surface area contributed by atoms with Gasteiger partial charge in [0.25, 0.3) is 0 Å². The molecule has 1 fully saturated rings. The molecule has 2 aromatic carbocycles. The minimum Gasteiger partial charge on any atom is -0.494 e. The molecule has 1 unspecified atom stereocenters. The third-order valence-corrected chi connectivity index (χ3v) is 7.17. The Bertz CT molecular complexity index is 1480. The zero-order chi connectivity index (χ0) is 27.6. The maximum absolute atomic E-state index is 14.2. The molecule has 0 bridgehead atoms. The number of imidazole rings is 1. The van der Waals surface area contributed by atoms with Crippen molar-refractivity contribution in [3.05, 3.63) is 89.5 Å². The Morgan fingerprint density at radius 1 is 1.03 bits per heavy atom. The lowest BCUT2D eigenvalue weighted by atomic mass is 9.73. The van der Waals surface area contributed by atoms with E-state index in [1.165, 1.54) is 10.5 Å². The molecule has 39 heavy (non-hydrogen) atoms. The topological polar surface area (TPSA) is 97.4 Å². The molecule has 0 aliphatic carbocycles. The average molecular weight is 527 g/mol. The summed E-state index contributed by atoms with van der Waals surface area (Å²) in [6, 6.07) is 17.9. The summed E-state index contributed by atoms with van der Waals surface area (Å²) in [5, 5.41) is 0. The first-order chi connectivity index (χ1) is 18.7. The standard InChI is InChI=1S/C31H34N4O4/c1-30(2,3)39-29(37)35-19-16-31(28(35)36,20-22-14-17-32-18-15-22)23-11-12-24(38-4)27-26(23)33-25(34-27)13-10-21-8-6-5-7-9-21/h5-9,11-12,14-15,17-18H,10,13,16,19-20H2,1-4H3,(H,33,34). The fourth-order valence-electron chi connectivity index (χ4n) is 5.33. The first kappa shape index (κ1) is 26.4. The van der Waals surface area contributed by atoms with Crippen LogP contribution < -0.4 is 4.74 Å². The number of benzene rings is 2. The molecule has 1 aliphatic rings. The lowest BCUT2D eigenvalue weighted by Gasteiger charge is -2.29. The summed E-state index contributed by atoms with van der Waals surface area (Å²) in [6.45, 7) is 5.65. The zero-order valence-corrected chi connectivity index (χ0v) is 22.9. The number of nitrogens with zero attached hydrogens (tertiary/aromatic N) is 3. The number of imide groups is 1. The molecule has 2 amide bonds. The minimum absolute atomic E-state index is 0.265. The number of H-pyrrole nitrogens is 1. The van der Waals surface area contributed by atoms with E-state index in [-0.39, 0.29) is 12.5 Å². The molecule has 1 atom stereocenters. The molecule has 0 radical (unpaired) electrons. The Hall–Kier alpha value is -4.20. The predicted molar refractivity (Wildman–Crippen MR) is 149 cm³/mol. The predicted octanol–water partition coefficient (Wildman–Crippen LogP) is 5.40. The van der Waals surface area contributed by atoms with Crippen molar-refractivity contribution in [2.45, 2.75) is 57.5 Å². The molecule has 8 nitrogen and oxygen atoms in total. The van der Waals surface area contributed by atoms with Crippen molar-refractivity contribution in [1.82, 2.24) is 19.9 Å². The van der Waals surface area contributed by atoms with Gasteiger partial charge in [0.05, 0.1) is 18.0 Å². The second kappa shape index (κ2) is 10.5. The van der Waals surface area contributed by atoms with Gasteiger partial charge < -0.3 is 14.5 Å². The van der Waals surface area contributed by atoms with Crippen molar-refractivity contribution in [3.8, 4) is 5.75 Å². The van der Waals surface area contributed by atoms with Crippen LogP contribution in [0.15, 0.2) is 67.0 Å². The molecule has 2 aromatic heterocycles. The highest BCUT2D eigenvalue weighted by molar-refractivity contribution is 6.03. The molecule has 1 aliphatic heterocycles. The van der Waals surface area contributed by atoms with Gasteiger partial charge in [-0.15, -0.1) is 0 Å². The Balaban J connectivity index is 1.58. The number of amides is 2. The van der Waals surface area contributed by atoms with E-state index in [1.54, 1.807) is 40.3 Å². The van der Waals surface area contributed by atoms with Crippen LogP contribution in [0.1, 0.15) is 49.7 Å². The number of carbonyl (C=O) groups is 2. The van der Waals surface area contributed by atoms with E-state index in [1.807, 2.05) is 42.5 Å². The number of ether oxygens (including phenoxy) is 2. The maximum Gasteiger partial charge on any atom is 0.417 e. The largest absolute Gasteiger partial charge is 0.494 e. The van der Waals surface area contributed by atoms with Crippen LogP contribution >= 0.6 is 0 Å². The molecule has 3 heterocycles. The number of carbonyl (C=O) groups excluding carboxylic acids is 2. The van der Waals surface area contributed by atoms with Crippen molar-refractivity contribution in [2.75, 3.05) is 13.7 Å². The SMILES string of the molecule is COc1ccc(C2(Cc3ccncc3)CCN(C(=O)OC(C)(C)C)C2=O)c2[nH]c(CCc3ccccc3)nc12. The summed E-state index contributed by atoms with van der Waals surface area (Å²) in [5.41, 5.74) is 2.70. The number of aryl methyl sites for hydroxylation is 2. The Morgan fingerprint density at radius 3 is 2.46 bits per heavy atom. The van der Waals surface area contributed by atoms with Crippen molar-refractivity contribution in [2.24, 2.45) is 0 Å². The number of rotatable bonds is 7. The van der Waals surface area contributed by atoms with Gasteiger partial charge in [-0.05, 0) is 74.9 Å². The van der Waals surface area contributed by atoms with E-state index in [4.69, 9.17) is 14.5 Å². The highest BCUT2D eigenvalue weighted by atomic mass is 16.6. The van der Waals surface area contributed by atoms with Crippen molar-refractivity contribution in [1.29, 1.82) is 0 Å². The highest BCUT2D eigenvalue weighted by Crippen LogP contribution is 2.43. The zero-order valence-electron chi connectivity index (χ0n) is 22.9. The molecular formula is C31H34N4O4. The third-order valence-electron chi connectivity index (χ3n) is 7.17. The van der Waals surface area contributed by atoms with Gasteiger partial charge in [0, 0.05) is 25.4 Å². The van der Waals surface area contributed by atoms with E-state index in [0.717, 1.165) is 28.9 Å². The number of likely N-dealkylation sites (tertiary alicyclic amines) is 1. The summed E-state index contributed by atoms with van der Waals surface area (Å²) in [5.74, 6) is 1.16. The summed E-state index contributed by atoms with van der Waals surface area (Å²) in [7, 11) is 1.62. The molecule has 0 saturated carbocycles. The summed E-state index contributed by atoms with van der Waals surface area (Å²) >= 11 is 0. The first-order valence-corrected chi connectivity index (χ1v) is 13.2. The molecule has 5 rings (SSSR count). The first-order valence-electron chi connectivity index (χ1n) is 13.2. The third kappa shape index (κ3) is 5.37. The minimum atomic E-state index is -0.994. The maximum atomic E-state index is 14.2. The van der Waals surface area contributed by atoms with Gasteiger partial charge in [-0.2, -0.15) is 0 Å². The Kier molecular flexibility index (Phi) is 7.12. The van der Waals surface area contributed by atoms with Gasteiger partial charge >= 0.3 is 6.09 Å². The van der Waals surface area contributed by atoms with Crippen LogP contribution in [0.5, 0.6) is 5.75 Å². The van der Waals surface area contributed by atoms with E-state index in [9.17, 15) is 9.59 Å². The molecule has 1 N–H and O–H groups in total. The number of hydrogen-bond acceptors (Lipinski definition) is 6. The van der Waals surface area contributed by atoms with E-state index < -0.39 is 17.1 Å². The molecule has 1 saturated heterocycles. The normalized spacial score (nSPS) is 17.5. The Morgan fingerprint density at radius 2 is 1.77 bits per heavy atom. The molecule has 4 aromatic rings. The fraction of sp³-hybridized carbons (Fsp3) is 0.355. The van der Waals surface area contributed by atoms with E-state index >= 15 is 0 Å². The van der Waals surface area contributed by atoms with E-state index in [0.29, 0.717) is 30.5 Å². The number of fused-ring (bicyclic) bond motifs is 1. The van der Waals surface area contributed by atoms with Crippen LogP contribution in [0.4, 0.5) is 4.79 Å². The quantitative estimate of drug-likeness (QED) is 0.346. The number of aromatic amines is 1. The number of methoxy groups -OCH3 is 1. The molecule has 8 heteroatoms. The molecule has 202 valence electrons. The molecular weight excluding hydrogens is 492 g/mol. The van der Waals surface area contributed by atoms with Crippen LogP contribution in [0.2, 0.25) is 0 Å². The highest BCUT2D eigenvalue weighted by Gasteiger charge is 2.52. The number of hydrogen-bond donors (Lipinski definition) is 1. The molecule has 0 spiro atoms. The Labute approximate surface area is 228 Å². The summed E-state index contributed by atoms with van der Waals surface area (Å²) in [4.78, 5) is 41.1. The number of aromatic nitrogens is 3. The van der Waals surface area contributed by atoms with Gasteiger partial charge in [0.2, 0.25) is 5.91 Å². The smallest absolute Gasteiger partial charge is 0.417 e. The van der Waals surface area contributed by atoms with Gasteiger partial charge in [-0.1, -0.05) is 36.4 Å². The lowest BCUT2D eigenvalue weighted by Crippen LogP contribution is -2.44. The van der Waals surface area contributed by atoms with Gasteiger partial charge in [0.1, 0.15) is 22.7 Å². The van der Waals surface area contributed by atoms with Gasteiger partial charge in [-0.25, -0.2) is 14.7 Å². The van der Waals surface area contributed by atoms with Gasteiger partial charge in [-0.3, -0.25) is 9.78 Å². The van der Waals surface area contributed by atoms with E-state index in [2.05, 4.69) is 22.1 Å². The second-order valence-electron chi connectivity index (χ2n) is 11.0. The average Bonchev–Trinajstić information content (AvgIpc) is 3.49. The second-order valence-corrected chi connectivity index (χ2v) is 11.0. The van der Waals surface area contributed by atoms with Crippen molar-refractivity contribution < 1.29 is 19.1 Å². The van der Waals surface area contributed by atoms with Crippen LogP contribution in [-0.2, 0) is 34.2 Å². The van der Waals surface area contributed by atoms with Crippen molar-refractivity contribution >= 4 is 23.0 Å². The van der Waals surface area contributed by atoms with Gasteiger partial charge in [0.15, 0.2) is 0 Å². The lowest BCUT2D eigenvalue weighted by molar-refractivity contribution is -0.131. The van der Waals surface area contributed by atoms with Crippen LogP contribution in [0.3, 0.4) is 0 Å². The van der Waals surface area contributed by atoms with Crippen LogP contribution in [-0.4, -0.2) is 51.1 Å². The number of nitrogens with one attached hydrogen (secondary N) is 1. The monoisotopic (exact) mass is 526 g/mol. The summed E-state index contributed by atoms with van der Waals surface area (Å²) in [6.07, 6.45) is 5.20. The van der Waals surface area contributed by atoms with Crippen LogP contribution in [0, 0.1) is 0 Å². The van der Waals surface area contributed by atoms with Crippen LogP contribution in [0.25, 0.3) is 11.0 Å².